The molecule has 1 unspecified atom stereocenters. The summed E-state index contributed by atoms with van der Waals surface area (Å²) in [6.07, 6.45) is 1.66. The van der Waals surface area contributed by atoms with Gasteiger partial charge in [0.05, 0.1) is 31.2 Å². The SMILES string of the molecule is Cc1noc(C(C)C)c1C(=O)NCC(c1ccco1)N1CCOCC1. The van der Waals surface area contributed by atoms with Gasteiger partial charge in [-0.3, -0.25) is 9.69 Å². The molecule has 1 atom stereocenters. The number of nitrogens with zero attached hydrogens (tertiary/aromatic N) is 2. The van der Waals surface area contributed by atoms with Gasteiger partial charge in [0, 0.05) is 25.6 Å². The molecular formula is C18H25N3O4. The molecule has 2 aromatic rings. The van der Waals surface area contributed by atoms with Gasteiger partial charge >= 0.3 is 0 Å². The first kappa shape index (κ1) is 17.7. The number of aryl methyl sites for hydroxylation is 1. The monoisotopic (exact) mass is 347 g/mol. The summed E-state index contributed by atoms with van der Waals surface area (Å²) < 4.78 is 16.3. The summed E-state index contributed by atoms with van der Waals surface area (Å²) in [7, 11) is 0. The molecule has 1 N–H and O–H groups in total. The van der Waals surface area contributed by atoms with E-state index in [1.165, 1.54) is 0 Å². The van der Waals surface area contributed by atoms with E-state index < -0.39 is 0 Å². The van der Waals surface area contributed by atoms with Crippen molar-refractivity contribution in [2.75, 3.05) is 32.8 Å². The Morgan fingerprint density at radius 3 is 2.76 bits per heavy atom. The molecule has 1 aliphatic rings. The molecule has 1 fully saturated rings. The number of nitrogens with one attached hydrogen (secondary N) is 1. The lowest BCUT2D eigenvalue weighted by molar-refractivity contribution is 0.0118. The summed E-state index contributed by atoms with van der Waals surface area (Å²) in [5.74, 6) is 1.40. The molecule has 0 aromatic carbocycles. The average molecular weight is 347 g/mol. The lowest BCUT2D eigenvalue weighted by Gasteiger charge is -2.33. The van der Waals surface area contributed by atoms with Crippen LogP contribution in [0.25, 0.3) is 0 Å². The van der Waals surface area contributed by atoms with Crippen LogP contribution in [0.15, 0.2) is 27.3 Å². The van der Waals surface area contributed by atoms with Crippen LogP contribution in [0.2, 0.25) is 0 Å². The highest BCUT2D eigenvalue weighted by Crippen LogP contribution is 2.24. The molecule has 3 heterocycles. The number of aromatic nitrogens is 1. The third-order valence-corrected chi connectivity index (χ3v) is 4.45. The van der Waals surface area contributed by atoms with Crippen LogP contribution in [0.5, 0.6) is 0 Å². The van der Waals surface area contributed by atoms with Crippen LogP contribution in [-0.4, -0.2) is 48.8 Å². The Balaban J connectivity index is 1.73. The van der Waals surface area contributed by atoms with Gasteiger partial charge in [-0.1, -0.05) is 19.0 Å². The van der Waals surface area contributed by atoms with Crippen molar-refractivity contribution in [3.63, 3.8) is 0 Å². The zero-order chi connectivity index (χ0) is 17.8. The number of carbonyl (C=O) groups excluding carboxylic acids is 1. The number of hydrogen-bond acceptors (Lipinski definition) is 6. The number of furan rings is 1. The Hall–Kier alpha value is -2.12. The van der Waals surface area contributed by atoms with Gasteiger partial charge in [0.1, 0.15) is 11.3 Å². The first-order valence-electron chi connectivity index (χ1n) is 8.67. The minimum absolute atomic E-state index is 0.0227. The van der Waals surface area contributed by atoms with Crippen LogP contribution in [0, 0.1) is 6.92 Å². The minimum atomic E-state index is -0.160. The second-order valence-electron chi connectivity index (χ2n) is 6.55. The third kappa shape index (κ3) is 3.93. The number of amides is 1. The van der Waals surface area contributed by atoms with Gasteiger partial charge in [0.15, 0.2) is 5.76 Å². The van der Waals surface area contributed by atoms with Crippen molar-refractivity contribution in [3.05, 3.63) is 41.2 Å². The molecular weight excluding hydrogens is 322 g/mol. The summed E-state index contributed by atoms with van der Waals surface area (Å²) in [6.45, 7) is 9.20. The number of hydrogen-bond donors (Lipinski definition) is 1. The first-order valence-corrected chi connectivity index (χ1v) is 8.67. The number of morpholine rings is 1. The predicted molar refractivity (Wildman–Crippen MR) is 91.5 cm³/mol. The van der Waals surface area contributed by atoms with Crippen molar-refractivity contribution in [1.82, 2.24) is 15.4 Å². The van der Waals surface area contributed by atoms with Crippen LogP contribution in [0.4, 0.5) is 0 Å². The molecule has 2 aromatic heterocycles. The Kier molecular flexibility index (Phi) is 5.55. The van der Waals surface area contributed by atoms with Crippen molar-refractivity contribution >= 4 is 5.91 Å². The predicted octanol–water partition coefficient (Wildman–Crippen LogP) is 2.50. The molecule has 136 valence electrons. The second-order valence-corrected chi connectivity index (χ2v) is 6.55. The Morgan fingerprint density at radius 1 is 1.36 bits per heavy atom. The fourth-order valence-electron chi connectivity index (χ4n) is 3.11. The molecule has 25 heavy (non-hydrogen) atoms. The molecule has 1 saturated heterocycles. The van der Waals surface area contributed by atoms with Crippen molar-refractivity contribution in [1.29, 1.82) is 0 Å². The maximum atomic E-state index is 12.7. The summed E-state index contributed by atoms with van der Waals surface area (Å²) in [5.41, 5.74) is 1.15. The smallest absolute Gasteiger partial charge is 0.256 e. The standard InChI is InChI=1S/C18H25N3O4/c1-12(2)17-16(13(3)20-25-17)18(22)19-11-14(15-5-4-8-24-15)21-6-9-23-10-7-21/h4-5,8,12,14H,6-7,9-11H2,1-3H3,(H,19,22). The van der Waals surface area contributed by atoms with Gasteiger partial charge in [-0.05, 0) is 19.1 Å². The molecule has 0 aliphatic carbocycles. The molecule has 3 rings (SSSR count). The average Bonchev–Trinajstić information content (AvgIpc) is 3.25. The summed E-state index contributed by atoms with van der Waals surface area (Å²) in [4.78, 5) is 15.0. The molecule has 1 amide bonds. The molecule has 0 bridgehead atoms. The van der Waals surface area contributed by atoms with Gasteiger partial charge < -0.3 is 19.0 Å². The topological polar surface area (TPSA) is 80.7 Å². The van der Waals surface area contributed by atoms with Crippen molar-refractivity contribution in [2.24, 2.45) is 0 Å². The Bertz CT molecular complexity index is 687. The van der Waals surface area contributed by atoms with E-state index in [1.54, 1.807) is 13.2 Å². The van der Waals surface area contributed by atoms with E-state index in [-0.39, 0.29) is 17.9 Å². The van der Waals surface area contributed by atoms with Gasteiger partial charge in [0.25, 0.3) is 5.91 Å². The van der Waals surface area contributed by atoms with Crippen LogP contribution in [-0.2, 0) is 4.74 Å². The highest BCUT2D eigenvalue weighted by atomic mass is 16.5. The molecule has 7 heteroatoms. The fourth-order valence-corrected chi connectivity index (χ4v) is 3.11. The van der Waals surface area contributed by atoms with Gasteiger partial charge in [0.2, 0.25) is 0 Å². The lowest BCUT2D eigenvalue weighted by Crippen LogP contribution is -2.43. The van der Waals surface area contributed by atoms with Crippen molar-refractivity contribution in [2.45, 2.75) is 32.7 Å². The Labute approximate surface area is 147 Å². The zero-order valence-electron chi connectivity index (χ0n) is 14.9. The highest BCUT2D eigenvalue weighted by molar-refractivity contribution is 5.96. The van der Waals surface area contributed by atoms with Gasteiger partial charge in [-0.25, -0.2) is 0 Å². The van der Waals surface area contributed by atoms with Crippen molar-refractivity contribution in [3.8, 4) is 0 Å². The minimum Gasteiger partial charge on any atom is -0.468 e. The number of rotatable bonds is 6. The van der Waals surface area contributed by atoms with E-state index in [1.807, 2.05) is 26.0 Å². The lowest BCUT2D eigenvalue weighted by atomic mass is 10.0. The van der Waals surface area contributed by atoms with Gasteiger partial charge in [-0.2, -0.15) is 0 Å². The van der Waals surface area contributed by atoms with Crippen molar-refractivity contribution < 1.29 is 18.5 Å². The van der Waals surface area contributed by atoms with Crippen LogP contribution in [0.1, 0.15) is 53.4 Å². The van der Waals surface area contributed by atoms with Crippen LogP contribution in [0.3, 0.4) is 0 Å². The Morgan fingerprint density at radius 2 is 2.12 bits per heavy atom. The molecule has 1 aliphatic heterocycles. The van der Waals surface area contributed by atoms with Crippen LogP contribution >= 0.6 is 0 Å². The molecule has 7 nitrogen and oxygen atoms in total. The molecule has 0 radical (unpaired) electrons. The second kappa shape index (κ2) is 7.84. The zero-order valence-corrected chi connectivity index (χ0v) is 14.9. The fraction of sp³-hybridized carbons (Fsp3) is 0.556. The summed E-state index contributed by atoms with van der Waals surface area (Å²) >= 11 is 0. The van der Waals surface area contributed by atoms with E-state index in [0.717, 1.165) is 18.8 Å². The highest BCUT2D eigenvalue weighted by Gasteiger charge is 2.27. The van der Waals surface area contributed by atoms with Gasteiger partial charge in [-0.15, -0.1) is 0 Å². The quantitative estimate of drug-likeness (QED) is 0.865. The van der Waals surface area contributed by atoms with E-state index in [9.17, 15) is 4.79 Å². The number of carbonyl (C=O) groups is 1. The van der Waals surface area contributed by atoms with E-state index in [4.69, 9.17) is 13.7 Å². The van der Waals surface area contributed by atoms with Crippen LogP contribution < -0.4 is 5.32 Å². The van der Waals surface area contributed by atoms with E-state index in [2.05, 4.69) is 15.4 Å². The largest absolute Gasteiger partial charge is 0.468 e. The third-order valence-electron chi connectivity index (χ3n) is 4.45. The van der Waals surface area contributed by atoms with E-state index in [0.29, 0.717) is 36.8 Å². The summed E-state index contributed by atoms with van der Waals surface area (Å²) in [6, 6.07) is 3.78. The molecule has 0 spiro atoms. The number of ether oxygens (including phenoxy) is 1. The van der Waals surface area contributed by atoms with E-state index >= 15 is 0 Å². The molecule has 0 saturated carbocycles. The first-order chi connectivity index (χ1) is 12.1. The maximum absolute atomic E-state index is 12.7. The normalized spacial score (nSPS) is 17.0. The maximum Gasteiger partial charge on any atom is 0.256 e. The summed E-state index contributed by atoms with van der Waals surface area (Å²) in [5, 5.41) is 6.97.